The highest BCUT2D eigenvalue weighted by molar-refractivity contribution is 5.89. The molecule has 0 spiro atoms. The summed E-state index contributed by atoms with van der Waals surface area (Å²) in [5.74, 6) is 0.857. The molecule has 1 aromatic carbocycles. The van der Waals surface area contributed by atoms with Crippen molar-refractivity contribution in [2.24, 2.45) is 17.6 Å². The molecule has 7 heteroatoms. The van der Waals surface area contributed by atoms with Crippen LogP contribution in [0.5, 0.6) is 0 Å². The summed E-state index contributed by atoms with van der Waals surface area (Å²) in [6.07, 6.45) is 0.956. The quantitative estimate of drug-likeness (QED) is 0.869. The third-order valence-electron chi connectivity index (χ3n) is 5.70. The maximum atomic E-state index is 14.6. The van der Waals surface area contributed by atoms with Crippen LogP contribution in [0.1, 0.15) is 31.2 Å². The number of anilines is 1. The molecule has 134 valence electrons. The molecule has 2 saturated carbocycles. The van der Waals surface area contributed by atoms with E-state index in [4.69, 9.17) is 10.5 Å². The predicted molar refractivity (Wildman–Crippen MR) is 89.6 cm³/mol. The molecule has 4 rings (SSSR count). The second-order valence-corrected chi connectivity index (χ2v) is 7.33. The smallest absolute Gasteiger partial charge is 0.414 e. The fourth-order valence-electron chi connectivity index (χ4n) is 4.26. The number of rotatable bonds is 4. The summed E-state index contributed by atoms with van der Waals surface area (Å²) < 4.78 is 19.8. The molecule has 3 atom stereocenters. The lowest BCUT2D eigenvalue weighted by atomic mass is 9.93. The normalized spacial score (nSPS) is 31.0. The van der Waals surface area contributed by atoms with Crippen molar-refractivity contribution in [1.29, 1.82) is 0 Å². The molecule has 3 aliphatic rings. The number of nitrogens with one attached hydrogen (secondary N) is 1. The largest absolute Gasteiger partial charge is 0.442 e. The summed E-state index contributed by atoms with van der Waals surface area (Å²) in [7, 11) is 0. The van der Waals surface area contributed by atoms with Gasteiger partial charge in [-0.2, -0.15) is 0 Å². The average molecular weight is 347 g/mol. The maximum Gasteiger partial charge on any atom is 0.414 e. The molecule has 3 fully saturated rings. The fourth-order valence-corrected chi connectivity index (χ4v) is 4.26. The highest BCUT2D eigenvalue weighted by atomic mass is 19.1. The second kappa shape index (κ2) is 5.98. The Hall–Kier alpha value is -2.15. The number of carbonyl (C=O) groups is 2. The van der Waals surface area contributed by atoms with E-state index >= 15 is 0 Å². The van der Waals surface area contributed by atoms with Gasteiger partial charge in [0.25, 0.3) is 0 Å². The van der Waals surface area contributed by atoms with Gasteiger partial charge in [-0.15, -0.1) is 0 Å². The van der Waals surface area contributed by atoms with Gasteiger partial charge in [-0.1, -0.05) is 6.07 Å². The number of cyclic esters (lactones) is 1. The van der Waals surface area contributed by atoms with E-state index in [1.807, 2.05) is 0 Å². The zero-order valence-corrected chi connectivity index (χ0v) is 14.1. The number of benzene rings is 1. The number of hydrogen-bond donors (Lipinski definition) is 2. The molecule has 2 aliphatic carbocycles. The SMILES string of the molecule is CC(=O)NC[C@H]1CN(c2ccc(C3C[C@@H]4C(N)[C@H]4C3)c(F)c2)C(=O)O1. The van der Waals surface area contributed by atoms with Crippen molar-refractivity contribution in [3.63, 3.8) is 0 Å². The first kappa shape index (κ1) is 16.3. The van der Waals surface area contributed by atoms with Gasteiger partial charge in [0.1, 0.15) is 11.9 Å². The minimum Gasteiger partial charge on any atom is -0.442 e. The van der Waals surface area contributed by atoms with Crippen LogP contribution in [0, 0.1) is 17.7 Å². The summed E-state index contributed by atoms with van der Waals surface area (Å²) >= 11 is 0. The lowest BCUT2D eigenvalue weighted by molar-refractivity contribution is -0.119. The van der Waals surface area contributed by atoms with Gasteiger partial charge in [-0.3, -0.25) is 9.69 Å². The van der Waals surface area contributed by atoms with Crippen LogP contribution in [0.4, 0.5) is 14.9 Å². The van der Waals surface area contributed by atoms with E-state index in [0.717, 1.165) is 12.8 Å². The lowest BCUT2D eigenvalue weighted by Crippen LogP contribution is -2.33. The summed E-state index contributed by atoms with van der Waals surface area (Å²) in [5, 5.41) is 2.62. The summed E-state index contributed by atoms with van der Waals surface area (Å²) in [4.78, 5) is 24.4. The van der Waals surface area contributed by atoms with Crippen LogP contribution in [0.25, 0.3) is 0 Å². The van der Waals surface area contributed by atoms with E-state index in [9.17, 15) is 14.0 Å². The predicted octanol–water partition coefficient (Wildman–Crippen LogP) is 1.74. The Kier molecular flexibility index (Phi) is 3.91. The number of halogens is 1. The molecule has 0 unspecified atom stereocenters. The zero-order chi connectivity index (χ0) is 17.7. The van der Waals surface area contributed by atoms with Crippen molar-refractivity contribution in [2.75, 3.05) is 18.0 Å². The van der Waals surface area contributed by atoms with Crippen LogP contribution in [-0.4, -0.2) is 37.2 Å². The Morgan fingerprint density at radius 3 is 2.76 bits per heavy atom. The number of carbonyl (C=O) groups excluding carboxylic acids is 2. The molecule has 0 radical (unpaired) electrons. The van der Waals surface area contributed by atoms with Gasteiger partial charge in [-0.05, 0) is 48.3 Å². The molecule has 3 N–H and O–H groups in total. The van der Waals surface area contributed by atoms with Crippen LogP contribution in [0.15, 0.2) is 18.2 Å². The standard InChI is InChI=1S/C18H22FN3O3/c1-9(23)21-7-12-8-22(18(24)25-12)11-2-3-13(16(19)6-11)10-4-14-15(5-10)17(14)20/h2-3,6,10,12,14-15,17H,4-5,7-8,20H2,1H3,(H,21,23)/t10?,12-,14-,15-,17?/m0/s1. The van der Waals surface area contributed by atoms with E-state index in [1.165, 1.54) is 17.9 Å². The van der Waals surface area contributed by atoms with Gasteiger partial charge in [0.05, 0.1) is 18.8 Å². The van der Waals surface area contributed by atoms with Crippen molar-refractivity contribution < 1.29 is 18.7 Å². The Morgan fingerprint density at radius 1 is 1.40 bits per heavy atom. The highest BCUT2D eigenvalue weighted by Gasteiger charge is 2.54. The second-order valence-electron chi connectivity index (χ2n) is 7.33. The lowest BCUT2D eigenvalue weighted by Gasteiger charge is -2.18. The first-order valence-electron chi connectivity index (χ1n) is 8.71. The van der Waals surface area contributed by atoms with Crippen molar-refractivity contribution in [3.8, 4) is 0 Å². The monoisotopic (exact) mass is 347 g/mol. The molecule has 25 heavy (non-hydrogen) atoms. The topological polar surface area (TPSA) is 84.7 Å². The minimum atomic E-state index is -0.518. The van der Waals surface area contributed by atoms with Gasteiger partial charge in [0.15, 0.2) is 0 Å². The minimum absolute atomic E-state index is 0.181. The maximum absolute atomic E-state index is 14.6. The van der Waals surface area contributed by atoms with Gasteiger partial charge < -0.3 is 15.8 Å². The summed E-state index contributed by atoms with van der Waals surface area (Å²) in [6.45, 7) is 1.95. The Bertz CT molecular complexity index is 714. The molecule has 1 heterocycles. The summed E-state index contributed by atoms with van der Waals surface area (Å²) in [6, 6.07) is 5.25. The van der Waals surface area contributed by atoms with Crippen molar-refractivity contribution in [1.82, 2.24) is 5.32 Å². The van der Waals surface area contributed by atoms with Gasteiger partial charge in [0.2, 0.25) is 5.91 Å². The number of hydrogen-bond acceptors (Lipinski definition) is 4. The van der Waals surface area contributed by atoms with Gasteiger partial charge >= 0.3 is 6.09 Å². The van der Waals surface area contributed by atoms with Gasteiger partial charge in [-0.25, -0.2) is 9.18 Å². The number of nitrogens with two attached hydrogens (primary N) is 1. The van der Waals surface area contributed by atoms with Crippen LogP contribution in [0.2, 0.25) is 0 Å². The molecule has 1 saturated heterocycles. The average Bonchev–Trinajstić information content (AvgIpc) is 2.95. The first-order valence-corrected chi connectivity index (χ1v) is 8.71. The molecule has 1 aromatic rings. The Balaban J connectivity index is 1.44. The first-order chi connectivity index (χ1) is 11.9. The third kappa shape index (κ3) is 2.97. The molecule has 0 bridgehead atoms. The van der Waals surface area contributed by atoms with Gasteiger partial charge in [0, 0.05) is 13.0 Å². The van der Waals surface area contributed by atoms with Crippen LogP contribution < -0.4 is 16.0 Å². The van der Waals surface area contributed by atoms with E-state index in [2.05, 4.69) is 5.32 Å². The van der Waals surface area contributed by atoms with Crippen LogP contribution in [-0.2, 0) is 9.53 Å². The van der Waals surface area contributed by atoms with Crippen molar-refractivity contribution >= 4 is 17.7 Å². The molecule has 6 nitrogen and oxygen atoms in total. The highest BCUT2D eigenvalue weighted by Crippen LogP contribution is 2.56. The third-order valence-corrected chi connectivity index (χ3v) is 5.70. The van der Waals surface area contributed by atoms with Crippen molar-refractivity contribution in [3.05, 3.63) is 29.6 Å². The van der Waals surface area contributed by atoms with E-state index in [1.54, 1.807) is 12.1 Å². The van der Waals surface area contributed by atoms with E-state index in [-0.39, 0.29) is 24.2 Å². The van der Waals surface area contributed by atoms with Crippen LogP contribution in [0.3, 0.4) is 0 Å². The fraction of sp³-hybridized carbons (Fsp3) is 0.556. The Morgan fingerprint density at radius 2 is 2.12 bits per heavy atom. The number of nitrogens with zero attached hydrogens (tertiary/aromatic N) is 1. The van der Waals surface area contributed by atoms with Crippen molar-refractivity contribution in [2.45, 2.75) is 37.8 Å². The Labute approximate surface area is 145 Å². The zero-order valence-electron chi connectivity index (χ0n) is 14.1. The molecular weight excluding hydrogens is 325 g/mol. The number of amides is 2. The number of fused-ring (bicyclic) bond motifs is 1. The molecule has 0 aromatic heterocycles. The molecule has 1 aliphatic heterocycles. The summed E-state index contributed by atoms with van der Waals surface area (Å²) in [5.41, 5.74) is 7.15. The van der Waals surface area contributed by atoms with E-state index < -0.39 is 12.2 Å². The number of ether oxygens (including phenoxy) is 1. The molecular formula is C18H22FN3O3. The van der Waals surface area contributed by atoms with Crippen LogP contribution >= 0.6 is 0 Å². The van der Waals surface area contributed by atoms with E-state index in [0.29, 0.717) is 35.7 Å². The molecule has 2 amide bonds.